The molecule has 142 valence electrons. The molecule has 3 heterocycles. The van der Waals surface area contributed by atoms with E-state index in [-0.39, 0.29) is 0 Å². The Morgan fingerprint density at radius 3 is 2.63 bits per heavy atom. The fourth-order valence-corrected chi connectivity index (χ4v) is 3.43. The van der Waals surface area contributed by atoms with Gasteiger partial charge in [0.15, 0.2) is 5.96 Å². The number of imidazole rings is 1. The molecule has 2 N–H and O–H groups in total. The molecule has 0 saturated carbocycles. The first-order chi connectivity index (χ1) is 13.1. The van der Waals surface area contributed by atoms with Crippen LogP contribution in [0.1, 0.15) is 33.9 Å². The van der Waals surface area contributed by atoms with Crippen molar-refractivity contribution in [3.63, 3.8) is 0 Å². The largest absolute Gasteiger partial charge is 0.357 e. The minimum Gasteiger partial charge on any atom is -0.357 e. The Bertz CT molecular complexity index is 889. The van der Waals surface area contributed by atoms with E-state index in [1.54, 1.807) is 17.5 Å². The number of hydrogen-bond acceptors (Lipinski definition) is 5. The van der Waals surface area contributed by atoms with E-state index in [1.807, 2.05) is 42.9 Å². The van der Waals surface area contributed by atoms with Gasteiger partial charge in [-0.1, -0.05) is 6.07 Å². The average molecular weight is 384 g/mol. The zero-order valence-corrected chi connectivity index (χ0v) is 17.0. The third kappa shape index (κ3) is 4.91. The fraction of sp³-hybridized carbons (Fsp3) is 0.368. The Labute approximate surface area is 163 Å². The highest BCUT2D eigenvalue weighted by Crippen LogP contribution is 2.16. The maximum absolute atomic E-state index is 4.65. The van der Waals surface area contributed by atoms with Gasteiger partial charge in [-0.15, -0.1) is 11.3 Å². The zero-order chi connectivity index (χ0) is 19.2. The Morgan fingerprint density at radius 1 is 1.19 bits per heavy atom. The van der Waals surface area contributed by atoms with Crippen LogP contribution in [0.15, 0.2) is 35.7 Å². The molecule has 0 unspecified atom stereocenters. The van der Waals surface area contributed by atoms with Crippen LogP contribution in [-0.2, 0) is 13.1 Å². The molecule has 0 spiro atoms. The van der Waals surface area contributed by atoms with E-state index in [0.717, 1.165) is 40.4 Å². The molecule has 0 amide bonds. The molecule has 0 radical (unpaired) electrons. The molecule has 0 aliphatic heterocycles. The van der Waals surface area contributed by atoms with Crippen LogP contribution in [0.3, 0.4) is 0 Å². The summed E-state index contributed by atoms with van der Waals surface area (Å²) in [5.41, 5.74) is 2.15. The van der Waals surface area contributed by atoms with Crippen molar-refractivity contribution in [2.45, 2.75) is 40.8 Å². The summed E-state index contributed by atoms with van der Waals surface area (Å²) < 4.78 is 1.96. The van der Waals surface area contributed by atoms with Gasteiger partial charge in [-0.3, -0.25) is 4.57 Å². The standard InChI is InChI=1S/C19H25N7S/c1-5-20-19(24-12-18-25-13(2)14(3)27-18)23-11-16-6-7-17(22-10-16)26-9-8-21-15(26)4/h6-10H,5,11-12H2,1-4H3,(H2,20,23,24). The number of nitrogens with one attached hydrogen (secondary N) is 2. The summed E-state index contributed by atoms with van der Waals surface area (Å²) in [6.07, 6.45) is 5.54. The summed E-state index contributed by atoms with van der Waals surface area (Å²) in [5, 5.41) is 7.68. The maximum atomic E-state index is 4.65. The van der Waals surface area contributed by atoms with Crippen molar-refractivity contribution < 1.29 is 0 Å². The molecular formula is C19H25N7S. The minimum atomic E-state index is 0.557. The van der Waals surface area contributed by atoms with Gasteiger partial charge in [0.1, 0.15) is 16.6 Å². The summed E-state index contributed by atoms with van der Waals surface area (Å²) in [6.45, 7) is 10.2. The number of rotatable bonds is 6. The highest BCUT2D eigenvalue weighted by molar-refractivity contribution is 7.11. The van der Waals surface area contributed by atoms with Gasteiger partial charge in [0.05, 0.1) is 18.8 Å². The quantitative estimate of drug-likeness (QED) is 0.505. The van der Waals surface area contributed by atoms with Crippen molar-refractivity contribution in [3.8, 4) is 5.82 Å². The lowest BCUT2D eigenvalue weighted by Gasteiger charge is -2.10. The lowest BCUT2D eigenvalue weighted by Crippen LogP contribution is -2.36. The first-order valence-corrected chi connectivity index (χ1v) is 9.78. The van der Waals surface area contributed by atoms with Crippen LogP contribution in [0.5, 0.6) is 0 Å². The molecule has 3 rings (SSSR count). The summed E-state index contributed by atoms with van der Waals surface area (Å²) in [7, 11) is 0. The summed E-state index contributed by atoms with van der Waals surface area (Å²) in [4.78, 5) is 19.2. The van der Waals surface area contributed by atoms with Gasteiger partial charge >= 0.3 is 0 Å². The molecule has 0 saturated heterocycles. The predicted octanol–water partition coefficient (Wildman–Crippen LogP) is 2.90. The molecule has 0 atom stereocenters. The SMILES string of the molecule is CCNC(=NCc1ccc(-n2ccnc2C)nc1)NCc1nc(C)c(C)s1. The highest BCUT2D eigenvalue weighted by Gasteiger charge is 2.05. The van der Waals surface area contributed by atoms with Gasteiger partial charge in [0, 0.05) is 30.0 Å². The van der Waals surface area contributed by atoms with Crippen molar-refractivity contribution in [1.29, 1.82) is 0 Å². The van der Waals surface area contributed by atoms with Crippen LogP contribution in [0.25, 0.3) is 5.82 Å². The number of thiazole rings is 1. The number of aliphatic imine (C=N–C) groups is 1. The molecular weight excluding hydrogens is 358 g/mol. The van der Waals surface area contributed by atoms with Crippen molar-refractivity contribution in [3.05, 3.63) is 57.7 Å². The van der Waals surface area contributed by atoms with Crippen molar-refractivity contribution >= 4 is 17.3 Å². The van der Waals surface area contributed by atoms with Crippen LogP contribution >= 0.6 is 11.3 Å². The molecule has 3 aromatic rings. The van der Waals surface area contributed by atoms with E-state index in [0.29, 0.717) is 13.1 Å². The lowest BCUT2D eigenvalue weighted by molar-refractivity contribution is 0.808. The molecule has 0 bridgehead atoms. The van der Waals surface area contributed by atoms with Gasteiger partial charge in [0.25, 0.3) is 0 Å². The lowest BCUT2D eigenvalue weighted by atomic mass is 10.3. The van der Waals surface area contributed by atoms with Gasteiger partial charge < -0.3 is 10.6 Å². The molecule has 0 fully saturated rings. The fourth-order valence-electron chi connectivity index (χ4n) is 2.56. The Kier molecular flexibility index (Phi) is 6.18. The van der Waals surface area contributed by atoms with Crippen LogP contribution in [0.2, 0.25) is 0 Å². The molecule has 7 nitrogen and oxygen atoms in total. The van der Waals surface area contributed by atoms with Crippen LogP contribution in [-0.4, -0.2) is 32.0 Å². The normalized spacial score (nSPS) is 11.6. The van der Waals surface area contributed by atoms with Crippen molar-refractivity contribution in [2.75, 3.05) is 6.54 Å². The van der Waals surface area contributed by atoms with E-state index < -0.39 is 0 Å². The molecule has 0 aliphatic carbocycles. The van der Waals surface area contributed by atoms with Gasteiger partial charge in [-0.2, -0.15) is 0 Å². The Balaban J connectivity index is 1.63. The Morgan fingerprint density at radius 2 is 2.04 bits per heavy atom. The van der Waals surface area contributed by atoms with Crippen LogP contribution in [0.4, 0.5) is 0 Å². The maximum Gasteiger partial charge on any atom is 0.191 e. The molecule has 3 aromatic heterocycles. The third-order valence-corrected chi connectivity index (χ3v) is 5.20. The number of pyridine rings is 1. The van der Waals surface area contributed by atoms with Crippen LogP contribution < -0.4 is 10.6 Å². The molecule has 8 heteroatoms. The number of guanidine groups is 1. The van der Waals surface area contributed by atoms with E-state index in [1.165, 1.54) is 4.88 Å². The topological polar surface area (TPSA) is 80.0 Å². The highest BCUT2D eigenvalue weighted by atomic mass is 32.1. The molecule has 0 aromatic carbocycles. The minimum absolute atomic E-state index is 0.557. The smallest absolute Gasteiger partial charge is 0.191 e. The third-order valence-electron chi connectivity index (χ3n) is 4.13. The van der Waals surface area contributed by atoms with E-state index >= 15 is 0 Å². The Hall–Kier alpha value is -2.74. The van der Waals surface area contributed by atoms with Crippen molar-refractivity contribution in [2.24, 2.45) is 4.99 Å². The van der Waals surface area contributed by atoms with Crippen molar-refractivity contribution in [1.82, 2.24) is 30.2 Å². The first-order valence-electron chi connectivity index (χ1n) is 8.97. The zero-order valence-electron chi connectivity index (χ0n) is 16.2. The second kappa shape index (κ2) is 8.77. The summed E-state index contributed by atoms with van der Waals surface area (Å²) >= 11 is 1.72. The number of aromatic nitrogens is 4. The molecule has 0 aliphatic rings. The second-order valence-electron chi connectivity index (χ2n) is 6.17. The molecule has 27 heavy (non-hydrogen) atoms. The van der Waals surface area contributed by atoms with Gasteiger partial charge in [0.2, 0.25) is 0 Å². The van der Waals surface area contributed by atoms with Gasteiger partial charge in [-0.05, 0) is 39.3 Å². The van der Waals surface area contributed by atoms with Gasteiger partial charge in [-0.25, -0.2) is 19.9 Å². The average Bonchev–Trinajstić information content (AvgIpc) is 3.23. The first kappa shape index (κ1) is 19.0. The van der Waals surface area contributed by atoms with Crippen LogP contribution in [0, 0.1) is 20.8 Å². The van der Waals surface area contributed by atoms with E-state index in [9.17, 15) is 0 Å². The van der Waals surface area contributed by atoms with E-state index in [4.69, 9.17) is 0 Å². The monoisotopic (exact) mass is 383 g/mol. The van der Waals surface area contributed by atoms with E-state index in [2.05, 4.69) is 44.4 Å². The number of hydrogen-bond donors (Lipinski definition) is 2. The summed E-state index contributed by atoms with van der Waals surface area (Å²) in [6, 6.07) is 4.03. The number of aryl methyl sites for hydroxylation is 3. The second-order valence-corrected chi connectivity index (χ2v) is 7.45. The predicted molar refractivity (Wildman–Crippen MR) is 109 cm³/mol. The summed E-state index contributed by atoms with van der Waals surface area (Å²) in [5.74, 6) is 2.55. The number of nitrogens with zero attached hydrogens (tertiary/aromatic N) is 5.